The van der Waals surface area contributed by atoms with Crippen LogP contribution in [0.25, 0.3) is 0 Å². The van der Waals surface area contributed by atoms with E-state index in [1.807, 2.05) is 31.2 Å². The van der Waals surface area contributed by atoms with Crippen molar-refractivity contribution in [1.29, 1.82) is 0 Å². The second kappa shape index (κ2) is 9.55. The second-order valence-electron chi connectivity index (χ2n) is 7.30. The van der Waals surface area contributed by atoms with Crippen molar-refractivity contribution < 1.29 is 14.6 Å². The molecule has 9 heteroatoms. The van der Waals surface area contributed by atoms with Gasteiger partial charge in [0, 0.05) is 18.7 Å². The highest BCUT2D eigenvalue weighted by atomic mass is 16.5. The third kappa shape index (κ3) is 4.99. The molecule has 0 saturated carbocycles. The summed E-state index contributed by atoms with van der Waals surface area (Å²) in [6, 6.07) is 8.01. The number of aliphatic hydroxyl groups excluding tert-OH is 1. The molecule has 2 aliphatic heterocycles. The molecule has 3 heterocycles. The van der Waals surface area contributed by atoms with E-state index in [-0.39, 0.29) is 12.5 Å². The molecule has 0 aliphatic carbocycles. The number of ether oxygens (including phenoxy) is 1. The van der Waals surface area contributed by atoms with E-state index >= 15 is 0 Å². The number of carbonyl (C=O) groups is 1. The number of benzene rings is 1. The number of aromatic nitrogens is 2. The summed E-state index contributed by atoms with van der Waals surface area (Å²) in [7, 11) is 0. The lowest BCUT2D eigenvalue weighted by Crippen LogP contribution is -2.37. The van der Waals surface area contributed by atoms with Gasteiger partial charge in [0.15, 0.2) is 0 Å². The van der Waals surface area contributed by atoms with Crippen molar-refractivity contribution in [2.75, 3.05) is 43.2 Å². The monoisotopic (exact) mass is 420 g/mol. The van der Waals surface area contributed by atoms with Gasteiger partial charge in [0.1, 0.15) is 12.4 Å². The van der Waals surface area contributed by atoms with E-state index in [1.165, 1.54) is 0 Å². The molecule has 160 valence electrons. The van der Waals surface area contributed by atoms with Crippen LogP contribution in [0.2, 0.25) is 0 Å². The van der Waals surface area contributed by atoms with Crippen LogP contribution in [0.15, 0.2) is 29.4 Å². The first kappa shape index (κ1) is 20.8. The van der Waals surface area contributed by atoms with E-state index in [9.17, 15) is 4.79 Å². The first-order valence-electron chi connectivity index (χ1n) is 10.1. The summed E-state index contributed by atoms with van der Waals surface area (Å²) >= 11 is 0. The quantitative estimate of drug-likeness (QED) is 0.430. The number of carbonyl (C=O) groups excluding carboxylic acids is 1. The van der Waals surface area contributed by atoms with Crippen molar-refractivity contribution in [2.24, 2.45) is 5.10 Å². The van der Waals surface area contributed by atoms with Crippen LogP contribution in [0, 0.1) is 18.8 Å². The summed E-state index contributed by atoms with van der Waals surface area (Å²) in [5.41, 5.74) is 6.73. The summed E-state index contributed by atoms with van der Waals surface area (Å²) in [4.78, 5) is 25.3. The van der Waals surface area contributed by atoms with Gasteiger partial charge in [0.05, 0.1) is 38.2 Å². The summed E-state index contributed by atoms with van der Waals surface area (Å²) in [6.45, 7) is 5.08. The lowest BCUT2D eigenvalue weighted by Gasteiger charge is -2.29. The third-order valence-corrected chi connectivity index (χ3v) is 5.05. The fourth-order valence-electron chi connectivity index (χ4n) is 3.58. The second-order valence-corrected chi connectivity index (χ2v) is 7.30. The van der Waals surface area contributed by atoms with Crippen molar-refractivity contribution in [2.45, 2.75) is 20.0 Å². The van der Waals surface area contributed by atoms with Crippen molar-refractivity contribution >= 4 is 23.9 Å². The molecule has 0 radical (unpaired) electrons. The van der Waals surface area contributed by atoms with Gasteiger partial charge < -0.3 is 19.6 Å². The zero-order valence-electron chi connectivity index (χ0n) is 17.3. The van der Waals surface area contributed by atoms with E-state index in [0.717, 1.165) is 28.2 Å². The molecule has 2 aliphatic rings. The molecule has 1 aromatic heterocycles. The highest BCUT2D eigenvalue weighted by molar-refractivity contribution is 5.94. The average molecular weight is 420 g/mol. The Morgan fingerprint density at radius 2 is 2.16 bits per heavy atom. The highest BCUT2D eigenvalue weighted by Crippen LogP contribution is 2.31. The Hall–Kier alpha value is -3.48. The van der Waals surface area contributed by atoms with Gasteiger partial charge in [-0.25, -0.2) is 10.4 Å². The van der Waals surface area contributed by atoms with Crippen LogP contribution in [0.5, 0.6) is 0 Å². The number of nitrogens with one attached hydrogen (secondary N) is 1. The maximum Gasteiger partial charge on any atom is 0.299 e. The molecule has 0 atom stereocenters. The Balaban J connectivity index is 1.58. The fourth-order valence-corrected chi connectivity index (χ4v) is 3.58. The number of morpholine rings is 1. The minimum atomic E-state index is -0.349. The Morgan fingerprint density at radius 3 is 2.94 bits per heavy atom. The van der Waals surface area contributed by atoms with Crippen LogP contribution < -0.4 is 10.3 Å². The normalized spacial score (nSPS) is 15.5. The average Bonchev–Trinajstić information content (AvgIpc) is 3.22. The number of hydrogen-bond acceptors (Lipinski definition) is 8. The number of amides is 1. The van der Waals surface area contributed by atoms with Gasteiger partial charge in [-0.05, 0) is 18.4 Å². The first-order valence-corrected chi connectivity index (χ1v) is 10.1. The van der Waals surface area contributed by atoms with Crippen molar-refractivity contribution in [1.82, 2.24) is 14.9 Å². The summed E-state index contributed by atoms with van der Waals surface area (Å²) in [6.07, 6.45) is 1.72. The molecule has 1 fully saturated rings. The molecular formula is C22H24N6O3. The van der Waals surface area contributed by atoms with Gasteiger partial charge in [-0.3, -0.25) is 4.79 Å². The van der Waals surface area contributed by atoms with Crippen LogP contribution in [0.3, 0.4) is 0 Å². The van der Waals surface area contributed by atoms with Gasteiger partial charge >= 0.3 is 0 Å². The standard InChI is InChI=1S/C22H24N6O3/c1-16-4-2-5-17(12-16)13-23-26-22-24-19-15-28(20(30)6-3-9-29)14-18(19)21(25-22)27-7-10-31-11-8-27/h2,4-5,12-13,29H,7-11,14-15H2,1H3,(H,24,25,26)/b23-13+. The summed E-state index contributed by atoms with van der Waals surface area (Å²) in [5.74, 6) is 5.67. The molecule has 31 heavy (non-hydrogen) atoms. The Labute approximate surface area is 180 Å². The van der Waals surface area contributed by atoms with Gasteiger partial charge in [-0.2, -0.15) is 10.1 Å². The number of nitrogens with zero attached hydrogens (tertiary/aromatic N) is 5. The van der Waals surface area contributed by atoms with E-state index < -0.39 is 0 Å². The molecular weight excluding hydrogens is 396 g/mol. The minimum absolute atomic E-state index is 0.338. The smallest absolute Gasteiger partial charge is 0.299 e. The maximum atomic E-state index is 12.3. The van der Waals surface area contributed by atoms with E-state index in [1.54, 1.807) is 11.1 Å². The number of anilines is 2. The van der Waals surface area contributed by atoms with Gasteiger partial charge in [-0.1, -0.05) is 35.7 Å². The molecule has 2 N–H and O–H groups in total. The van der Waals surface area contributed by atoms with Crippen LogP contribution in [-0.2, 0) is 22.6 Å². The number of aliphatic hydroxyl groups is 1. The Bertz CT molecular complexity index is 1050. The van der Waals surface area contributed by atoms with E-state index in [2.05, 4.69) is 32.3 Å². The van der Waals surface area contributed by atoms with Crippen LogP contribution in [0.4, 0.5) is 11.8 Å². The van der Waals surface area contributed by atoms with Gasteiger partial charge in [-0.15, -0.1) is 0 Å². The van der Waals surface area contributed by atoms with Gasteiger partial charge in [0.25, 0.3) is 5.91 Å². The predicted octanol–water partition coefficient (Wildman–Crippen LogP) is 0.906. The third-order valence-electron chi connectivity index (χ3n) is 5.05. The van der Waals surface area contributed by atoms with Gasteiger partial charge in [0.2, 0.25) is 5.95 Å². The zero-order chi connectivity index (χ0) is 21.6. The SMILES string of the molecule is Cc1cccc(/C=N/Nc2nc3c(c(N4CCOCC4)n2)CN(C(=O)C#CCO)C3)c1. The van der Waals surface area contributed by atoms with Crippen LogP contribution >= 0.6 is 0 Å². The fraction of sp³-hybridized carbons (Fsp3) is 0.364. The largest absolute Gasteiger partial charge is 0.384 e. The Kier molecular flexibility index (Phi) is 6.40. The van der Waals surface area contributed by atoms with Crippen LogP contribution in [0.1, 0.15) is 22.4 Å². The molecule has 0 bridgehead atoms. The lowest BCUT2D eigenvalue weighted by atomic mass is 10.2. The molecule has 1 amide bonds. The van der Waals surface area contributed by atoms with Crippen molar-refractivity contribution in [3.63, 3.8) is 0 Å². The lowest BCUT2D eigenvalue weighted by molar-refractivity contribution is -0.125. The van der Waals surface area contributed by atoms with Crippen molar-refractivity contribution in [3.05, 3.63) is 46.6 Å². The highest BCUT2D eigenvalue weighted by Gasteiger charge is 2.30. The number of rotatable bonds is 4. The number of aryl methyl sites for hydroxylation is 1. The van der Waals surface area contributed by atoms with E-state index in [4.69, 9.17) is 14.8 Å². The molecule has 9 nitrogen and oxygen atoms in total. The molecule has 4 rings (SSSR count). The summed E-state index contributed by atoms with van der Waals surface area (Å²) < 4.78 is 5.47. The zero-order valence-corrected chi connectivity index (χ0v) is 17.3. The molecule has 2 aromatic rings. The molecule has 1 saturated heterocycles. The number of hydrogen-bond donors (Lipinski definition) is 2. The number of fused-ring (bicyclic) bond motifs is 1. The predicted molar refractivity (Wildman–Crippen MR) is 117 cm³/mol. The molecule has 0 spiro atoms. The molecule has 0 unspecified atom stereocenters. The first-order chi connectivity index (χ1) is 15.1. The Morgan fingerprint density at radius 1 is 1.32 bits per heavy atom. The van der Waals surface area contributed by atoms with Crippen LogP contribution in [-0.4, -0.2) is 65.0 Å². The minimum Gasteiger partial charge on any atom is -0.384 e. The topological polar surface area (TPSA) is 103 Å². The summed E-state index contributed by atoms with van der Waals surface area (Å²) in [5, 5.41) is 13.1. The van der Waals surface area contributed by atoms with E-state index in [0.29, 0.717) is 45.3 Å². The molecule has 1 aromatic carbocycles. The van der Waals surface area contributed by atoms with Crippen molar-refractivity contribution in [3.8, 4) is 11.8 Å². The maximum absolute atomic E-state index is 12.3. The number of hydrazone groups is 1.